The molecule has 2 aromatic rings. The quantitative estimate of drug-likeness (QED) is 0.362. The molecular formula is C27H34N2O5. The molecule has 34 heavy (non-hydrogen) atoms. The summed E-state index contributed by atoms with van der Waals surface area (Å²) >= 11 is 0. The Morgan fingerprint density at radius 3 is 2.12 bits per heavy atom. The first-order valence-electron chi connectivity index (χ1n) is 11.4. The third-order valence-corrected chi connectivity index (χ3v) is 5.11. The Balaban J connectivity index is 2.02. The highest BCUT2D eigenvalue weighted by Crippen LogP contribution is 2.10. The molecule has 0 fully saturated rings. The number of amides is 2. The van der Waals surface area contributed by atoms with Crippen LogP contribution in [0.2, 0.25) is 0 Å². The van der Waals surface area contributed by atoms with E-state index in [1.54, 1.807) is 6.08 Å². The summed E-state index contributed by atoms with van der Waals surface area (Å²) in [4.78, 5) is 37.1. The van der Waals surface area contributed by atoms with Gasteiger partial charge < -0.3 is 20.1 Å². The van der Waals surface area contributed by atoms with Crippen molar-refractivity contribution in [2.45, 2.75) is 51.8 Å². The van der Waals surface area contributed by atoms with Crippen LogP contribution < -0.4 is 10.6 Å². The zero-order chi connectivity index (χ0) is 24.8. The summed E-state index contributed by atoms with van der Waals surface area (Å²) in [5, 5.41) is 5.63. The summed E-state index contributed by atoms with van der Waals surface area (Å²) in [7, 11) is 1.30. The van der Waals surface area contributed by atoms with Gasteiger partial charge in [-0.25, -0.2) is 9.59 Å². The van der Waals surface area contributed by atoms with E-state index < -0.39 is 24.1 Å². The summed E-state index contributed by atoms with van der Waals surface area (Å²) in [5.74, 6) is -0.670. The third kappa shape index (κ3) is 10.3. The van der Waals surface area contributed by atoms with Gasteiger partial charge in [0.05, 0.1) is 7.11 Å². The van der Waals surface area contributed by atoms with Gasteiger partial charge in [0.15, 0.2) is 0 Å². The Hall–Kier alpha value is -3.61. The SMILES string of the molecule is COC(=O)/C=C/[C@H](CCc1ccccc1)NC(=O)[C@H](CC(C)C)NC(=O)OCc1ccccc1. The second kappa shape index (κ2) is 14.5. The molecule has 2 amide bonds. The molecule has 0 aliphatic carbocycles. The Kier molecular flexibility index (Phi) is 11.4. The number of rotatable bonds is 12. The summed E-state index contributed by atoms with van der Waals surface area (Å²) in [6, 6.07) is 18.0. The number of carbonyl (C=O) groups is 3. The molecule has 2 N–H and O–H groups in total. The molecular weight excluding hydrogens is 432 g/mol. The normalized spacial score (nSPS) is 12.7. The predicted molar refractivity (Wildman–Crippen MR) is 131 cm³/mol. The van der Waals surface area contributed by atoms with E-state index in [-0.39, 0.29) is 18.4 Å². The van der Waals surface area contributed by atoms with Crippen molar-refractivity contribution in [2.24, 2.45) is 5.92 Å². The molecule has 182 valence electrons. The number of ether oxygens (including phenoxy) is 2. The van der Waals surface area contributed by atoms with Gasteiger partial charge in [-0.3, -0.25) is 4.79 Å². The van der Waals surface area contributed by atoms with Crippen LogP contribution in [0.15, 0.2) is 72.8 Å². The van der Waals surface area contributed by atoms with Crippen LogP contribution in [0.5, 0.6) is 0 Å². The summed E-state index contributed by atoms with van der Waals surface area (Å²) in [5.41, 5.74) is 1.98. The van der Waals surface area contributed by atoms with Crippen molar-refractivity contribution in [2.75, 3.05) is 7.11 Å². The second-order valence-corrected chi connectivity index (χ2v) is 8.41. The standard InChI is InChI=1S/C27H34N2O5/c1-20(2)18-24(29-27(32)34-19-22-12-8-5-9-13-22)26(31)28-23(16-17-25(30)33-3)15-14-21-10-6-4-7-11-21/h4-13,16-17,20,23-24H,14-15,18-19H2,1-3H3,(H,28,31)(H,29,32)/b17-16+/t23-,24-/m0/s1. The van der Waals surface area contributed by atoms with Crippen LogP contribution >= 0.6 is 0 Å². The van der Waals surface area contributed by atoms with Crippen LogP contribution in [-0.2, 0) is 32.1 Å². The number of esters is 1. The molecule has 7 heteroatoms. The van der Waals surface area contributed by atoms with Crippen molar-refractivity contribution in [3.8, 4) is 0 Å². The Labute approximate surface area is 201 Å². The van der Waals surface area contributed by atoms with E-state index in [2.05, 4.69) is 15.4 Å². The number of alkyl carbamates (subject to hydrolysis) is 1. The molecule has 0 saturated carbocycles. The van der Waals surface area contributed by atoms with Gasteiger partial charge in [0.1, 0.15) is 12.6 Å². The molecule has 2 atom stereocenters. The van der Waals surface area contributed by atoms with Crippen LogP contribution in [0.25, 0.3) is 0 Å². The van der Waals surface area contributed by atoms with Crippen LogP contribution in [0.3, 0.4) is 0 Å². The van der Waals surface area contributed by atoms with Crippen molar-refractivity contribution < 1.29 is 23.9 Å². The lowest BCUT2D eigenvalue weighted by atomic mass is 10.0. The average molecular weight is 467 g/mol. The average Bonchev–Trinajstić information content (AvgIpc) is 2.84. The van der Waals surface area contributed by atoms with Crippen molar-refractivity contribution in [3.05, 3.63) is 83.9 Å². The number of aryl methyl sites for hydroxylation is 1. The van der Waals surface area contributed by atoms with Gasteiger partial charge in [0, 0.05) is 12.1 Å². The van der Waals surface area contributed by atoms with Gasteiger partial charge in [-0.2, -0.15) is 0 Å². The summed E-state index contributed by atoms with van der Waals surface area (Å²) in [6.07, 6.45) is 3.99. The predicted octanol–water partition coefficient (Wildman–Crippen LogP) is 4.17. The number of carbonyl (C=O) groups excluding carboxylic acids is 3. The van der Waals surface area contributed by atoms with E-state index in [1.165, 1.54) is 13.2 Å². The summed E-state index contributed by atoms with van der Waals surface area (Å²) < 4.78 is 9.96. The van der Waals surface area contributed by atoms with E-state index in [4.69, 9.17) is 4.74 Å². The lowest BCUT2D eigenvalue weighted by molar-refractivity contribution is -0.135. The number of hydrogen-bond acceptors (Lipinski definition) is 5. The van der Waals surface area contributed by atoms with Crippen LogP contribution in [0.4, 0.5) is 4.79 Å². The molecule has 0 aliphatic rings. The molecule has 0 aromatic heterocycles. The van der Waals surface area contributed by atoms with E-state index in [1.807, 2.05) is 74.5 Å². The van der Waals surface area contributed by atoms with Crippen molar-refractivity contribution in [1.29, 1.82) is 0 Å². The lowest BCUT2D eigenvalue weighted by Gasteiger charge is -2.23. The van der Waals surface area contributed by atoms with Crippen molar-refractivity contribution >= 4 is 18.0 Å². The largest absolute Gasteiger partial charge is 0.466 e. The zero-order valence-corrected chi connectivity index (χ0v) is 20.0. The van der Waals surface area contributed by atoms with Gasteiger partial charge in [0.2, 0.25) is 5.91 Å². The maximum Gasteiger partial charge on any atom is 0.408 e. The topological polar surface area (TPSA) is 93.7 Å². The van der Waals surface area contributed by atoms with Crippen LogP contribution in [-0.4, -0.2) is 37.2 Å². The monoisotopic (exact) mass is 466 g/mol. The van der Waals surface area contributed by atoms with Gasteiger partial charge in [-0.1, -0.05) is 80.6 Å². The molecule has 2 aromatic carbocycles. The van der Waals surface area contributed by atoms with Crippen molar-refractivity contribution in [1.82, 2.24) is 10.6 Å². The highest BCUT2D eigenvalue weighted by Gasteiger charge is 2.24. The highest BCUT2D eigenvalue weighted by molar-refractivity contribution is 5.86. The molecule has 0 aliphatic heterocycles. The fourth-order valence-corrected chi connectivity index (χ4v) is 3.34. The van der Waals surface area contributed by atoms with Gasteiger partial charge >= 0.3 is 12.1 Å². The Bertz CT molecular complexity index is 929. The Morgan fingerprint density at radius 2 is 1.53 bits per heavy atom. The minimum Gasteiger partial charge on any atom is -0.466 e. The Morgan fingerprint density at radius 1 is 0.912 bits per heavy atom. The number of methoxy groups -OCH3 is 1. The molecule has 0 bridgehead atoms. The second-order valence-electron chi connectivity index (χ2n) is 8.41. The van der Waals surface area contributed by atoms with Gasteiger partial charge in [-0.05, 0) is 36.3 Å². The molecule has 0 spiro atoms. The minimum absolute atomic E-state index is 0.115. The fraction of sp³-hybridized carbons (Fsp3) is 0.370. The van der Waals surface area contributed by atoms with E-state index >= 15 is 0 Å². The zero-order valence-electron chi connectivity index (χ0n) is 20.0. The molecule has 2 rings (SSSR count). The first-order chi connectivity index (χ1) is 16.4. The molecule has 0 radical (unpaired) electrons. The van der Waals surface area contributed by atoms with Gasteiger partial charge in [-0.15, -0.1) is 0 Å². The smallest absolute Gasteiger partial charge is 0.408 e. The number of nitrogens with one attached hydrogen (secondary N) is 2. The maximum atomic E-state index is 13.1. The number of hydrogen-bond donors (Lipinski definition) is 2. The van der Waals surface area contributed by atoms with E-state index in [0.29, 0.717) is 19.3 Å². The van der Waals surface area contributed by atoms with Gasteiger partial charge in [0.25, 0.3) is 0 Å². The minimum atomic E-state index is -0.769. The van der Waals surface area contributed by atoms with Crippen LogP contribution in [0, 0.1) is 5.92 Å². The summed E-state index contributed by atoms with van der Waals surface area (Å²) in [6.45, 7) is 4.06. The molecule has 0 saturated heterocycles. The first-order valence-corrected chi connectivity index (χ1v) is 11.4. The van der Waals surface area contributed by atoms with Crippen molar-refractivity contribution in [3.63, 3.8) is 0 Å². The molecule has 7 nitrogen and oxygen atoms in total. The lowest BCUT2D eigenvalue weighted by Crippen LogP contribution is -2.50. The number of benzene rings is 2. The van der Waals surface area contributed by atoms with E-state index in [9.17, 15) is 14.4 Å². The van der Waals surface area contributed by atoms with Crippen LogP contribution in [0.1, 0.15) is 37.8 Å². The molecule has 0 unspecified atom stereocenters. The van der Waals surface area contributed by atoms with E-state index in [0.717, 1.165) is 11.1 Å². The molecule has 0 heterocycles. The maximum absolute atomic E-state index is 13.1. The third-order valence-electron chi connectivity index (χ3n) is 5.11. The highest BCUT2D eigenvalue weighted by atomic mass is 16.5. The fourth-order valence-electron chi connectivity index (χ4n) is 3.34. The first kappa shape index (κ1) is 26.6.